The number of nitrogens with two attached hydrogens (primary N) is 2. The number of aryl methyl sites for hydroxylation is 4. The minimum absolute atomic E-state index is 0.00276. The molecule has 15 aromatic carbocycles. The number of carbonyl (C=O) groups excluding carboxylic acids is 2. The summed E-state index contributed by atoms with van der Waals surface area (Å²) in [5.41, 5.74) is 25.0. The molecule has 144 heavy (non-hydrogen) atoms. The Balaban J connectivity index is 0.000000212. The van der Waals surface area contributed by atoms with E-state index in [1.807, 2.05) is 199 Å². The zero-order valence-corrected chi connectivity index (χ0v) is 96.6. The number of sulfonamides is 1. The third kappa shape index (κ3) is 39.0. The predicted molar refractivity (Wildman–Crippen MR) is 614 cm³/mol. The molecule has 0 aliphatic rings. The third-order valence-corrected chi connectivity index (χ3v) is 31.1. The second-order valence-corrected chi connectivity index (χ2v) is 48.2. The van der Waals surface area contributed by atoms with Crippen LogP contribution in [0.15, 0.2) is 414 Å². The van der Waals surface area contributed by atoms with Crippen molar-refractivity contribution in [2.45, 2.75) is 112 Å². The average molecular weight is 2600 g/mol. The van der Waals surface area contributed by atoms with Gasteiger partial charge in [-0.25, -0.2) is 25.3 Å². The van der Waals surface area contributed by atoms with E-state index in [0.717, 1.165) is 117 Å². The first-order valence-electron chi connectivity index (χ1n) is 44.3. The van der Waals surface area contributed by atoms with Crippen molar-refractivity contribution in [2.75, 3.05) is 21.1 Å². The van der Waals surface area contributed by atoms with Crippen molar-refractivity contribution in [3.05, 3.63) is 497 Å². The number of nitrogens with one attached hydrogen (secondary N) is 1. The summed E-state index contributed by atoms with van der Waals surface area (Å²) in [5.74, 6) is 0.333. The summed E-state index contributed by atoms with van der Waals surface area (Å²) < 4.78 is 84.5. The quantitative estimate of drug-likeness (QED) is 0.0107. The number of nitro groups is 3. The number of rotatable bonds is 27. The zero-order valence-electron chi connectivity index (χ0n) is 79.1. The molecule has 0 saturated carbocycles. The van der Waals surface area contributed by atoms with Crippen LogP contribution < -0.4 is 21.1 Å². The van der Waals surface area contributed by atoms with Crippen LogP contribution in [0.25, 0.3) is 0 Å². The maximum atomic E-state index is 14.4. The van der Waals surface area contributed by atoms with E-state index in [1.165, 1.54) is 87.2 Å². The van der Waals surface area contributed by atoms with Gasteiger partial charge in [-0.15, -0.1) is 0 Å². The lowest BCUT2D eigenvalue weighted by atomic mass is 9.88. The molecule has 5 N–H and O–H groups in total. The van der Waals surface area contributed by atoms with Gasteiger partial charge in [-0.2, -0.15) is 0 Å². The van der Waals surface area contributed by atoms with E-state index in [0.29, 0.717) is 23.6 Å². The lowest BCUT2D eigenvalue weighted by Gasteiger charge is -2.37. The van der Waals surface area contributed by atoms with Gasteiger partial charge in [0.05, 0.1) is 43.1 Å². The number of sulfone groups is 1. The topological polar surface area (TPSA) is 333 Å². The van der Waals surface area contributed by atoms with Crippen LogP contribution in [0.4, 0.5) is 39.8 Å². The molecular formula is C110H103Br9ClN7O14S3. The molecule has 6 unspecified atom stereocenters. The van der Waals surface area contributed by atoms with E-state index in [2.05, 4.69) is 247 Å². The summed E-state index contributed by atoms with van der Waals surface area (Å²) in [5, 5.41) is 36.9. The van der Waals surface area contributed by atoms with Crippen molar-refractivity contribution in [1.82, 2.24) is 0 Å². The Morgan fingerprint density at radius 3 is 1.05 bits per heavy atom. The summed E-state index contributed by atoms with van der Waals surface area (Å²) in [6.45, 7) is 16.3. The Labute approximate surface area is 921 Å². The zero-order chi connectivity index (χ0) is 106. The Morgan fingerprint density at radius 2 is 0.674 bits per heavy atom. The number of hydrogen-bond acceptors (Lipinski definition) is 17. The molecule has 15 rings (SSSR count). The normalized spacial score (nSPS) is 12.1. The molecular weight excluding hydrogens is 2490 g/mol. The molecule has 34 heteroatoms. The molecule has 21 nitrogen and oxygen atoms in total. The van der Waals surface area contributed by atoms with Crippen LogP contribution in [0.3, 0.4) is 0 Å². The van der Waals surface area contributed by atoms with Crippen molar-refractivity contribution in [3.8, 4) is 0 Å². The summed E-state index contributed by atoms with van der Waals surface area (Å²) in [6.07, 6.45) is 2.39. The van der Waals surface area contributed by atoms with E-state index in [4.69, 9.17) is 22.1 Å². The third-order valence-electron chi connectivity index (χ3n) is 21.5. The van der Waals surface area contributed by atoms with Crippen LogP contribution in [0.5, 0.6) is 0 Å². The number of ketones is 2. The largest absolute Gasteiger partial charge is 0.399 e. The van der Waals surface area contributed by atoms with Crippen molar-refractivity contribution < 1.29 is 49.6 Å². The number of benzene rings is 15. The fourth-order valence-corrected chi connectivity index (χ4v) is 21.4. The number of alkyl halides is 1. The standard InChI is InChI=1S/C29H26Br2N2O4S.C23H23Br2N.C17H17BrO.C13H10BrNO4S.C10H11BrO.2C6H6BrN.C6H4ClNO4S/c1-20-6-5-7-23(18-20)29(21(2)19-22-10-12-24(30)13-11-22)32(26-16-14-25(31)15-17-26)38(36,37)28-9-4-3-8-27(28)33(34)35;1-16-4-3-5-19(14-16)23(26-22-12-10-21(25)11-13-22)17(2)15-18-6-8-20(24)9-7-18;1-12-4-3-5-15(10-12)17(19)13(2)11-14-6-8-16(18)9-7-14;14-11-7-5-10(6-8-11)9-20(18,19)13-4-2-1-3-12(13)15(16)17;1-7-4-3-5-9(6-7)10(12)8(2)11;2*7-5-1-3-6(8)4-2-5;7-13(11,12)6-4-2-1-3-5(6)8(9)10/h3-18,21,29H,19H2,1-2H3;3-14,17,23,26H,15H2,1-2H3;3-10,13H,11H2,1-2H3;1-8H,9H2;3-6,8H,1-2H3;2*1-4H,8H2;1-4H. The van der Waals surface area contributed by atoms with Gasteiger partial charge in [0.1, 0.15) is 4.90 Å². The van der Waals surface area contributed by atoms with Gasteiger partial charge in [0.25, 0.3) is 36.1 Å². The Bertz CT molecular complexity index is 7080. The number of hydrogen-bond donors (Lipinski definition) is 3. The summed E-state index contributed by atoms with van der Waals surface area (Å²) >= 11 is 30.4. The smallest absolute Gasteiger partial charge is 0.289 e. The highest BCUT2D eigenvalue weighted by molar-refractivity contribution is 9.11. The molecule has 0 spiro atoms. The molecule has 0 aliphatic carbocycles. The molecule has 0 radical (unpaired) electrons. The van der Waals surface area contributed by atoms with Crippen LogP contribution in [-0.2, 0) is 53.9 Å². The molecule has 6 atom stereocenters. The van der Waals surface area contributed by atoms with Gasteiger partial charge in [0.2, 0.25) is 0 Å². The second kappa shape index (κ2) is 58.1. The molecule has 15 aromatic rings. The second-order valence-electron chi connectivity index (χ2n) is 33.2. The SMILES string of the molecule is Cc1cccc(C(=O)C(C)Br)c1.Cc1cccc(C(=O)C(C)Cc2ccc(Br)cc2)c1.Cc1cccc(C(C(C)Cc2ccc(Br)cc2)N(c2ccc(Br)cc2)S(=O)(=O)c2ccccc2[N+](=O)[O-])c1.Cc1cccc(C(Nc2ccc(Br)cc2)C(C)Cc2ccc(Br)cc2)c1.Nc1ccc(Br)cc1.Nc1ccc(Br)cc1.O=[N+]([O-])c1ccccc1S(=O)(=O)Cc1ccc(Br)cc1.O=[N+]([O-])c1ccccc1S(=O)(=O)Cl. The highest BCUT2D eigenvalue weighted by atomic mass is 79.9. The number of anilines is 4. The van der Waals surface area contributed by atoms with Crippen molar-refractivity contribution in [1.29, 1.82) is 0 Å². The maximum Gasteiger partial charge on any atom is 0.289 e. The number of nitrogens with zero attached hydrogens (tertiary/aromatic N) is 4. The number of Topliss-reactive ketones (excluding diaryl/α,β-unsaturated/α-hetero) is 2. The number of nitro benzene ring substituents is 3. The molecule has 0 aliphatic heterocycles. The average Bonchev–Trinajstić information content (AvgIpc) is 0.748. The Morgan fingerprint density at radius 1 is 0.361 bits per heavy atom. The van der Waals surface area contributed by atoms with Crippen LogP contribution in [0, 0.1) is 75.8 Å². The molecule has 0 saturated heterocycles. The molecule has 0 aromatic heterocycles. The van der Waals surface area contributed by atoms with Gasteiger partial charge < -0.3 is 16.8 Å². The highest BCUT2D eigenvalue weighted by Gasteiger charge is 2.40. The molecule has 0 amide bonds. The van der Waals surface area contributed by atoms with Crippen molar-refractivity contribution >= 4 is 234 Å². The molecule has 0 heterocycles. The van der Waals surface area contributed by atoms with E-state index in [9.17, 15) is 65.2 Å². The van der Waals surface area contributed by atoms with E-state index in [-0.39, 0.29) is 49.8 Å². The maximum absolute atomic E-state index is 14.4. The summed E-state index contributed by atoms with van der Waals surface area (Å²) in [4.78, 5) is 53.6. The molecule has 0 bridgehead atoms. The minimum Gasteiger partial charge on any atom is -0.399 e. The van der Waals surface area contributed by atoms with Crippen molar-refractivity contribution in [3.63, 3.8) is 0 Å². The van der Waals surface area contributed by atoms with Gasteiger partial charge in [-0.3, -0.25) is 44.2 Å². The number of nitrogen functional groups attached to an aromatic ring is 2. The first kappa shape index (κ1) is 119. The first-order chi connectivity index (χ1) is 68.1. The lowest BCUT2D eigenvalue weighted by Crippen LogP contribution is -2.39. The fraction of sp³-hybridized carbons (Fsp3) is 0.164. The number of halogens is 10. The van der Waals surface area contributed by atoms with Crippen LogP contribution in [0.1, 0.15) is 116 Å². The minimum atomic E-state index is -4.38. The van der Waals surface area contributed by atoms with E-state index < -0.39 is 71.7 Å². The van der Waals surface area contributed by atoms with E-state index >= 15 is 0 Å². The fourth-order valence-electron chi connectivity index (χ4n) is 14.5. The molecule has 750 valence electrons. The van der Waals surface area contributed by atoms with Crippen molar-refractivity contribution in [2.24, 2.45) is 17.8 Å². The molecule has 0 fully saturated rings. The predicted octanol–water partition coefficient (Wildman–Crippen LogP) is 32.5. The Kier molecular flexibility index (Phi) is 47.9. The van der Waals surface area contributed by atoms with Crippen LogP contribution >= 0.6 is 154 Å². The van der Waals surface area contributed by atoms with Gasteiger partial charge in [0, 0.05) is 98.8 Å². The van der Waals surface area contributed by atoms with Gasteiger partial charge in [-0.1, -0.05) is 356 Å². The van der Waals surface area contributed by atoms with Crippen LogP contribution in [-0.4, -0.2) is 56.4 Å². The summed E-state index contributed by atoms with van der Waals surface area (Å²) in [7, 11) is -7.21. The van der Waals surface area contributed by atoms with Crippen LogP contribution in [0.2, 0.25) is 0 Å². The number of para-hydroxylation sites is 3. The van der Waals surface area contributed by atoms with Gasteiger partial charge >= 0.3 is 0 Å². The van der Waals surface area contributed by atoms with Gasteiger partial charge in [0.15, 0.2) is 31.2 Å². The Hall–Kier alpha value is -10.5. The van der Waals surface area contributed by atoms with E-state index in [1.54, 1.807) is 48.5 Å². The monoisotopic (exact) mass is 2590 g/mol. The lowest BCUT2D eigenvalue weighted by molar-refractivity contribution is -0.388. The van der Waals surface area contributed by atoms with Gasteiger partial charge in [-0.05, 0) is 275 Å². The first-order valence-corrected chi connectivity index (χ1v) is 57.0. The highest BCUT2D eigenvalue weighted by Crippen LogP contribution is 2.43. The summed E-state index contributed by atoms with van der Waals surface area (Å²) in [6, 6.07) is 109. The number of carbonyl (C=O) groups is 2.